The lowest BCUT2D eigenvalue weighted by atomic mass is 10.0. The molecule has 3 nitrogen and oxygen atoms in total. The third-order valence-corrected chi connectivity index (χ3v) is 5.30. The molecule has 4 heteroatoms. The summed E-state index contributed by atoms with van der Waals surface area (Å²) in [6.45, 7) is 4.24. The molecule has 20 heavy (non-hydrogen) atoms. The van der Waals surface area contributed by atoms with Crippen molar-refractivity contribution < 1.29 is 4.79 Å². The van der Waals surface area contributed by atoms with Gasteiger partial charge in [-0.1, -0.05) is 22.0 Å². The number of hydrogen-bond donors (Lipinski definition) is 1. The first-order valence-electron chi connectivity index (χ1n) is 7.45. The molecule has 0 radical (unpaired) electrons. The molecule has 1 heterocycles. The summed E-state index contributed by atoms with van der Waals surface area (Å²) in [6.07, 6.45) is 4.90. The molecule has 0 aromatic heterocycles. The van der Waals surface area contributed by atoms with Crippen molar-refractivity contribution in [2.24, 2.45) is 0 Å². The van der Waals surface area contributed by atoms with Gasteiger partial charge in [-0.25, -0.2) is 0 Å². The van der Waals surface area contributed by atoms with E-state index in [1.54, 1.807) is 0 Å². The molecule has 1 saturated carbocycles. The number of carbonyl (C=O) groups excluding carboxylic acids is 1. The lowest BCUT2D eigenvalue weighted by Gasteiger charge is -2.32. The van der Waals surface area contributed by atoms with Crippen LogP contribution in [0.2, 0.25) is 0 Å². The number of benzene rings is 1. The van der Waals surface area contributed by atoms with Crippen molar-refractivity contribution in [2.75, 3.05) is 13.1 Å². The Morgan fingerprint density at radius 2 is 1.95 bits per heavy atom. The molecule has 1 aromatic carbocycles. The standard InChI is InChI=1S/C16H21BrN2O/c1-11-14(3-2-4-15(11)17)16(20)18-12-7-9-19(10-8-12)13-5-6-13/h2-4,12-13H,5-10H2,1H3,(H,18,20). The van der Waals surface area contributed by atoms with Crippen LogP contribution in [-0.4, -0.2) is 36.0 Å². The number of nitrogens with one attached hydrogen (secondary N) is 1. The highest BCUT2D eigenvalue weighted by atomic mass is 79.9. The van der Waals surface area contributed by atoms with E-state index in [9.17, 15) is 4.79 Å². The minimum Gasteiger partial charge on any atom is -0.349 e. The van der Waals surface area contributed by atoms with E-state index in [2.05, 4.69) is 26.1 Å². The first-order valence-corrected chi connectivity index (χ1v) is 8.24. The summed E-state index contributed by atoms with van der Waals surface area (Å²) in [7, 11) is 0. The van der Waals surface area contributed by atoms with Gasteiger partial charge in [-0.05, 0) is 50.3 Å². The largest absolute Gasteiger partial charge is 0.349 e. The molecule has 1 aliphatic heterocycles. The van der Waals surface area contributed by atoms with Gasteiger partial charge >= 0.3 is 0 Å². The van der Waals surface area contributed by atoms with Crippen molar-refractivity contribution in [3.8, 4) is 0 Å². The van der Waals surface area contributed by atoms with Gasteiger partial charge in [0.05, 0.1) is 0 Å². The molecule has 1 aromatic rings. The maximum absolute atomic E-state index is 12.4. The van der Waals surface area contributed by atoms with Crippen molar-refractivity contribution in [3.05, 3.63) is 33.8 Å². The summed E-state index contributed by atoms with van der Waals surface area (Å²) in [5, 5.41) is 3.20. The Hall–Kier alpha value is -0.870. The second-order valence-electron chi connectivity index (χ2n) is 5.93. The summed E-state index contributed by atoms with van der Waals surface area (Å²) in [5.41, 5.74) is 1.80. The monoisotopic (exact) mass is 336 g/mol. The van der Waals surface area contributed by atoms with Crippen LogP contribution >= 0.6 is 15.9 Å². The number of carbonyl (C=O) groups is 1. The fourth-order valence-electron chi connectivity index (χ4n) is 2.97. The third kappa shape index (κ3) is 3.07. The van der Waals surface area contributed by atoms with Crippen molar-refractivity contribution in [2.45, 2.75) is 44.7 Å². The van der Waals surface area contributed by atoms with Crippen LogP contribution in [0.25, 0.3) is 0 Å². The van der Waals surface area contributed by atoms with E-state index < -0.39 is 0 Å². The molecule has 1 amide bonds. The van der Waals surface area contributed by atoms with Crippen LogP contribution in [0.1, 0.15) is 41.6 Å². The fourth-order valence-corrected chi connectivity index (χ4v) is 3.33. The maximum atomic E-state index is 12.4. The second-order valence-corrected chi connectivity index (χ2v) is 6.78. The summed E-state index contributed by atoms with van der Waals surface area (Å²) < 4.78 is 0.994. The summed E-state index contributed by atoms with van der Waals surface area (Å²) >= 11 is 3.48. The molecule has 0 atom stereocenters. The van der Waals surface area contributed by atoms with Crippen LogP contribution in [0, 0.1) is 6.92 Å². The van der Waals surface area contributed by atoms with E-state index in [-0.39, 0.29) is 5.91 Å². The molecular formula is C16H21BrN2O. The number of rotatable bonds is 3. The van der Waals surface area contributed by atoms with Crippen LogP contribution in [0.4, 0.5) is 0 Å². The summed E-state index contributed by atoms with van der Waals surface area (Å²) in [6, 6.07) is 6.96. The van der Waals surface area contributed by atoms with Gasteiger partial charge in [0.1, 0.15) is 0 Å². The van der Waals surface area contributed by atoms with Gasteiger partial charge in [0.25, 0.3) is 5.91 Å². The highest BCUT2D eigenvalue weighted by Crippen LogP contribution is 2.29. The molecule has 0 unspecified atom stereocenters. The number of piperidine rings is 1. The van der Waals surface area contributed by atoms with Gasteiger partial charge in [0.15, 0.2) is 0 Å². The zero-order chi connectivity index (χ0) is 14.1. The van der Waals surface area contributed by atoms with Crippen LogP contribution in [0.5, 0.6) is 0 Å². The minimum atomic E-state index is 0.0636. The van der Waals surface area contributed by atoms with Gasteiger partial charge in [0.2, 0.25) is 0 Å². The molecular weight excluding hydrogens is 316 g/mol. The van der Waals surface area contributed by atoms with E-state index in [0.29, 0.717) is 6.04 Å². The Morgan fingerprint density at radius 1 is 1.25 bits per heavy atom. The van der Waals surface area contributed by atoms with Crippen molar-refractivity contribution in [1.29, 1.82) is 0 Å². The van der Waals surface area contributed by atoms with E-state index in [1.165, 1.54) is 12.8 Å². The van der Waals surface area contributed by atoms with Crippen molar-refractivity contribution >= 4 is 21.8 Å². The van der Waals surface area contributed by atoms with Crippen molar-refractivity contribution in [1.82, 2.24) is 10.2 Å². The van der Waals surface area contributed by atoms with E-state index >= 15 is 0 Å². The highest BCUT2D eigenvalue weighted by Gasteiger charge is 2.32. The average molecular weight is 337 g/mol. The molecule has 1 saturated heterocycles. The third-order valence-electron chi connectivity index (χ3n) is 4.44. The smallest absolute Gasteiger partial charge is 0.251 e. The predicted molar refractivity (Wildman–Crippen MR) is 84.0 cm³/mol. The number of nitrogens with zero attached hydrogens (tertiary/aromatic N) is 1. The number of amides is 1. The predicted octanol–water partition coefficient (Wildman–Crippen LogP) is 3.11. The Balaban J connectivity index is 1.57. The minimum absolute atomic E-state index is 0.0636. The SMILES string of the molecule is Cc1c(Br)cccc1C(=O)NC1CCN(C2CC2)CC1. The fraction of sp³-hybridized carbons (Fsp3) is 0.562. The van der Waals surface area contributed by atoms with Gasteiger partial charge in [-0.15, -0.1) is 0 Å². The quantitative estimate of drug-likeness (QED) is 0.919. The van der Waals surface area contributed by atoms with Crippen molar-refractivity contribution in [3.63, 3.8) is 0 Å². The molecule has 1 N–H and O–H groups in total. The molecule has 0 spiro atoms. The van der Waals surface area contributed by atoms with Crippen LogP contribution in [-0.2, 0) is 0 Å². The number of halogens is 1. The van der Waals surface area contributed by atoms with Gasteiger partial charge in [0, 0.05) is 35.2 Å². The van der Waals surface area contributed by atoms with Crippen LogP contribution in [0.3, 0.4) is 0 Å². The number of hydrogen-bond acceptors (Lipinski definition) is 2. The first-order chi connectivity index (χ1) is 9.65. The van der Waals surface area contributed by atoms with Gasteiger partial charge in [-0.2, -0.15) is 0 Å². The summed E-state index contributed by atoms with van der Waals surface area (Å²) in [4.78, 5) is 14.9. The number of likely N-dealkylation sites (tertiary alicyclic amines) is 1. The second kappa shape index (κ2) is 5.86. The van der Waals surface area contributed by atoms with Crippen LogP contribution < -0.4 is 5.32 Å². The summed E-state index contributed by atoms with van der Waals surface area (Å²) in [5.74, 6) is 0.0636. The Labute approximate surface area is 128 Å². The zero-order valence-corrected chi connectivity index (χ0v) is 13.4. The molecule has 0 bridgehead atoms. The molecule has 3 rings (SSSR count). The average Bonchev–Trinajstić information content (AvgIpc) is 3.27. The van der Waals surface area contributed by atoms with Gasteiger partial charge in [-0.3, -0.25) is 4.79 Å². The molecule has 1 aliphatic carbocycles. The van der Waals surface area contributed by atoms with Gasteiger partial charge < -0.3 is 10.2 Å². The molecule has 2 fully saturated rings. The topological polar surface area (TPSA) is 32.3 Å². The van der Waals surface area contributed by atoms with E-state index in [1.807, 2.05) is 25.1 Å². The lowest BCUT2D eigenvalue weighted by Crippen LogP contribution is -2.45. The van der Waals surface area contributed by atoms with E-state index in [4.69, 9.17) is 0 Å². The molecule has 108 valence electrons. The molecule has 2 aliphatic rings. The normalized spacial score (nSPS) is 20.9. The van der Waals surface area contributed by atoms with Crippen LogP contribution in [0.15, 0.2) is 22.7 Å². The highest BCUT2D eigenvalue weighted by molar-refractivity contribution is 9.10. The Morgan fingerprint density at radius 3 is 2.60 bits per heavy atom. The lowest BCUT2D eigenvalue weighted by molar-refractivity contribution is 0.0908. The Kier molecular flexibility index (Phi) is 4.13. The maximum Gasteiger partial charge on any atom is 0.251 e. The first kappa shape index (κ1) is 14.1. The Bertz CT molecular complexity index is 505. The zero-order valence-electron chi connectivity index (χ0n) is 11.9. The van der Waals surface area contributed by atoms with E-state index in [0.717, 1.165) is 47.6 Å².